The predicted molar refractivity (Wildman–Crippen MR) is 36.6 cm³/mol. The highest BCUT2D eigenvalue weighted by Crippen LogP contribution is 1.90. The van der Waals surface area contributed by atoms with E-state index < -0.39 is 24.5 Å². The minimum atomic E-state index is -1.19. The summed E-state index contributed by atoms with van der Waals surface area (Å²) < 4.78 is 8.55. The monoisotopic (exact) mass is 192 g/mol. The van der Waals surface area contributed by atoms with E-state index >= 15 is 0 Å². The second kappa shape index (κ2) is 5.95. The normalized spacial score (nSPS) is 14.8. The first-order valence-electron chi connectivity index (χ1n) is 3.20. The van der Waals surface area contributed by atoms with Gasteiger partial charge < -0.3 is 19.7 Å². The van der Waals surface area contributed by atoms with Gasteiger partial charge in [0.25, 0.3) is 0 Å². The molecule has 1 aliphatic rings. The molecule has 1 heterocycles. The summed E-state index contributed by atoms with van der Waals surface area (Å²) in [5.74, 6) is -2.15. The van der Waals surface area contributed by atoms with Gasteiger partial charge in [0.1, 0.15) is 6.61 Å². The van der Waals surface area contributed by atoms with Gasteiger partial charge in [-0.25, -0.2) is 14.4 Å². The van der Waals surface area contributed by atoms with E-state index in [1.807, 2.05) is 0 Å². The van der Waals surface area contributed by atoms with Crippen molar-refractivity contribution in [3.05, 3.63) is 0 Å². The molecule has 0 unspecified atom stereocenters. The first-order valence-corrected chi connectivity index (χ1v) is 3.20. The number of hydrogen-bond donors (Lipinski definition) is 2. The van der Waals surface area contributed by atoms with Crippen molar-refractivity contribution in [2.75, 3.05) is 19.8 Å². The highest BCUT2D eigenvalue weighted by atomic mass is 16.6. The second-order valence-corrected chi connectivity index (χ2v) is 1.87. The molecule has 2 N–H and O–H groups in total. The van der Waals surface area contributed by atoms with Crippen LogP contribution in [0.15, 0.2) is 0 Å². The Morgan fingerprint density at radius 3 is 1.69 bits per heavy atom. The highest BCUT2D eigenvalue weighted by Gasteiger charge is 2.16. The molecule has 0 aromatic heterocycles. The molecule has 7 nitrogen and oxygen atoms in total. The Balaban J connectivity index is 0.000000252. The number of esters is 2. The van der Waals surface area contributed by atoms with Gasteiger partial charge in [0.2, 0.25) is 0 Å². The molecule has 13 heavy (non-hydrogen) atoms. The zero-order valence-corrected chi connectivity index (χ0v) is 6.56. The average Bonchev–Trinajstić information content (AvgIpc) is 2.11. The number of ether oxygens (including phenoxy) is 2. The van der Waals surface area contributed by atoms with Crippen LogP contribution in [0.2, 0.25) is 0 Å². The van der Waals surface area contributed by atoms with Gasteiger partial charge in [-0.1, -0.05) is 0 Å². The van der Waals surface area contributed by atoms with Crippen LogP contribution in [0.5, 0.6) is 0 Å². The number of aliphatic hydroxyl groups excluding tert-OH is 1. The van der Waals surface area contributed by atoms with Gasteiger partial charge in [-0.05, 0) is 0 Å². The smallest absolute Gasteiger partial charge is 0.344 e. The lowest BCUT2D eigenvalue weighted by Crippen LogP contribution is -2.27. The summed E-state index contributed by atoms with van der Waals surface area (Å²) in [4.78, 5) is 29.3. The molecule has 0 radical (unpaired) electrons. The molecule has 0 aromatic carbocycles. The zero-order valence-electron chi connectivity index (χ0n) is 6.56. The Hall–Kier alpha value is -1.63. The van der Waals surface area contributed by atoms with Gasteiger partial charge in [-0.15, -0.1) is 0 Å². The number of carboxylic acid groups (broad SMARTS) is 1. The fourth-order valence-corrected chi connectivity index (χ4v) is 0.362. The maximum absolute atomic E-state index is 10.1. The van der Waals surface area contributed by atoms with Crippen LogP contribution in [0.1, 0.15) is 0 Å². The third-order valence-corrected chi connectivity index (χ3v) is 0.837. The Morgan fingerprint density at radius 1 is 1.23 bits per heavy atom. The Kier molecular flexibility index (Phi) is 5.20. The summed E-state index contributed by atoms with van der Waals surface area (Å²) >= 11 is 0. The Labute approximate surface area is 72.9 Å². The summed E-state index contributed by atoms with van der Waals surface area (Å²) in [5, 5.41) is 15.0. The van der Waals surface area contributed by atoms with Gasteiger partial charge in [-0.2, -0.15) is 0 Å². The number of carbonyl (C=O) groups is 3. The summed E-state index contributed by atoms with van der Waals surface area (Å²) in [7, 11) is 0. The van der Waals surface area contributed by atoms with E-state index in [1.54, 1.807) is 0 Å². The van der Waals surface area contributed by atoms with Crippen molar-refractivity contribution in [2.24, 2.45) is 0 Å². The molecule has 0 aromatic rings. The summed E-state index contributed by atoms with van der Waals surface area (Å²) in [6, 6.07) is 0. The fourth-order valence-electron chi connectivity index (χ4n) is 0.362. The second-order valence-electron chi connectivity index (χ2n) is 1.87. The molecule has 0 aliphatic carbocycles. The van der Waals surface area contributed by atoms with Crippen LogP contribution in [-0.4, -0.2) is 47.9 Å². The molecular weight excluding hydrogens is 184 g/mol. The van der Waals surface area contributed by atoms with Gasteiger partial charge in [-0.3, -0.25) is 0 Å². The van der Waals surface area contributed by atoms with Gasteiger partial charge in [0, 0.05) is 0 Å². The third-order valence-electron chi connectivity index (χ3n) is 0.837. The largest absolute Gasteiger partial charge is 0.480 e. The molecule has 1 fully saturated rings. The number of aliphatic hydroxyl groups is 1. The summed E-state index contributed by atoms with van der Waals surface area (Å²) in [5.41, 5.74) is 0. The van der Waals surface area contributed by atoms with Gasteiger partial charge in [0.15, 0.2) is 13.2 Å². The lowest BCUT2D eigenvalue weighted by molar-refractivity contribution is -0.174. The molecule has 0 atom stereocenters. The highest BCUT2D eigenvalue weighted by molar-refractivity contribution is 5.82. The van der Waals surface area contributed by atoms with Crippen molar-refractivity contribution in [1.29, 1.82) is 0 Å². The maximum atomic E-state index is 10.1. The van der Waals surface area contributed by atoms with Crippen molar-refractivity contribution in [2.45, 2.75) is 0 Å². The standard InChI is InChI=1S/C4H4O4.C2H4O3/c5-3-1-7-4(6)2-8-3;3-1-2(4)5/h1-2H2;3H,1H2,(H,4,5). The number of carboxylic acids is 1. The van der Waals surface area contributed by atoms with E-state index in [0.717, 1.165) is 0 Å². The van der Waals surface area contributed by atoms with E-state index in [4.69, 9.17) is 15.0 Å². The van der Waals surface area contributed by atoms with Crippen LogP contribution in [0.25, 0.3) is 0 Å². The molecule has 1 aliphatic heterocycles. The Bertz CT molecular complexity index is 181. The summed E-state index contributed by atoms with van der Waals surface area (Å²) in [6.45, 7) is -1.25. The first-order chi connectivity index (χ1) is 6.06. The predicted octanol–water partition coefficient (Wildman–Crippen LogP) is -1.85. The molecule has 7 heteroatoms. The minimum absolute atomic E-state index is 0.237. The van der Waals surface area contributed by atoms with E-state index in [9.17, 15) is 9.59 Å². The van der Waals surface area contributed by atoms with Crippen molar-refractivity contribution in [3.63, 3.8) is 0 Å². The molecule has 1 rings (SSSR count). The molecule has 0 spiro atoms. The minimum Gasteiger partial charge on any atom is -0.480 e. The van der Waals surface area contributed by atoms with E-state index in [-0.39, 0.29) is 13.2 Å². The first kappa shape index (κ1) is 11.4. The molecule has 74 valence electrons. The number of cyclic esters (lactones) is 2. The molecule has 0 saturated carbocycles. The topological polar surface area (TPSA) is 110 Å². The molecular formula is C6H8O7. The van der Waals surface area contributed by atoms with Crippen molar-refractivity contribution < 1.29 is 34.1 Å². The number of carbonyl (C=O) groups excluding carboxylic acids is 2. The fraction of sp³-hybridized carbons (Fsp3) is 0.500. The van der Waals surface area contributed by atoms with Crippen LogP contribution in [-0.2, 0) is 23.9 Å². The molecule has 0 amide bonds. The van der Waals surface area contributed by atoms with Crippen molar-refractivity contribution in [1.82, 2.24) is 0 Å². The van der Waals surface area contributed by atoms with Crippen molar-refractivity contribution >= 4 is 17.9 Å². The Morgan fingerprint density at radius 2 is 1.54 bits per heavy atom. The number of aliphatic carboxylic acids is 1. The van der Waals surface area contributed by atoms with E-state index in [2.05, 4.69) is 9.47 Å². The van der Waals surface area contributed by atoms with Crippen molar-refractivity contribution in [3.8, 4) is 0 Å². The average molecular weight is 192 g/mol. The summed E-state index contributed by atoms with van der Waals surface area (Å²) in [6.07, 6.45) is 0. The van der Waals surface area contributed by atoms with Gasteiger partial charge >= 0.3 is 17.9 Å². The maximum Gasteiger partial charge on any atom is 0.344 e. The quantitative estimate of drug-likeness (QED) is 0.469. The third kappa shape index (κ3) is 6.76. The lowest BCUT2D eigenvalue weighted by atomic mass is 10.6. The van der Waals surface area contributed by atoms with E-state index in [1.165, 1.54) is 0 Å². The van der Waals surface area contributed by atoms with Crippen LogP contribution >= 0.6 is 0 Å². The zero-order chi connectivity index (χ0) is 10.3. The van der Waals surface area contributed by atoms with Crippen LogP contribution in [0.3, 0.4) is 0 Å². The van der Waals surface area contributed by atoms with Gasteiger partial charge in [0.05, 0.1) is 0 Å². The van der Waals surface area contributed by atoms with Crippen LogP contribution in [0, 0.1) is 0 Å². The number of rotatable bonds is 1. The molecule has 0 bridgehead atoms. The molecule has 1 saturated heterocycles. The SMILES string of the molecule is O=C(O)CO.O=C1COC(=O)CO1. The lowest BCUT2D eigenvalue weighted by Gasteiger charge is -2.09. The van der Waals surface area contributed by atoms with E-state index in [0.29, 0.717) is 0 Å². The van der Waals surface area contributed by atoms with Crippen LogP contribution < -0.4 is 0 Å². The number of hydrogen-bond acceptors (Lipinski definition) is 6. The van der Waals surface area contributed by atoms with Crippen LogP contribution in [0.4, 0.5) is 0 Å².